The summed E-state index contributed by atoms with van der Waals surface area (Å²) in [5.41, 5.74) is 0. The highest BCUT2D eigenvalue weighted by Crippen LogP contribution is 2.41. The second kappa shape index (κ2) is 3.17. The van der Waals surface area contributed by atoms with Gasteiger partial charge >= 0.3 is 0 Å². The molecule has 60 valence electrons. The molecule has 0 heterocycles. The van der Waals surface area contributed by atoms with Crippen molar-refractivity contribution in [3.63, 3.8) is 0 Å². The SMILES string of the molecule is CC(S)C(C)C1CCC1C. The Morgan fingerprint density at radius 3 is 2.00 bits per heavy atom. The Labute approximate surface area is 69.8 Å². The van der Waals surface area contributed by atoms with Gasteiger partial charge in [-0.1, -0.05) is 27.2 Å². The third-order valence-corrected chi connectivity index (χ3v) is 3.59. The third-order valence-electron chi connectivity index (χ3n) is 3.12. The van der Waals surface area contributed by atoms with Crippen LogP contribution in [0.5, 0.6) is 0 Å². The average molecular weight is 158 g/mol. The first-order valence-corrected chi connectivity index (χ1v) is 4.82. The van der Waals surface area contributed by atoms with Gasteiger partial charge in [0.15, 0.2) is 0 Å². The molecule has 1 aliphatic carbocycles. The lowest BCUT2D eigenvalue weighted by atomic mass is 9.68. The van der Waals surface area contributed by atoms with Crippen molar-refractivity contribution in [1.82, 2.24) is 0 Å². The molecule has 1 saturated carbocycles. The summed E-state index contributed by atoms with van der Waals surface area (Å²) in [7, 11) is 0. The van der Waals surface area contributed by atoms with Crippen LogP contribution in [-0.4, -0.2) is 5.25 Å². The summed E-state index contributed by atoms with van der Waals surface area (Å²) in [5.74, 6) is 2.74. The monoisotopic (exact) mass is 158 g/mol. The van der Waals surface area contributed by atoms with E-state index < -0.39 is 0 Å². The van der Waals surface area contributed by atoms with Crippen molar-refractivity contribution < 1.29 is 0 Å². The number of hydrogen-bond donors (Lipinski definition) is 1. The smallest absolute Gasteiger partial charge is 0.00168 e. The standard InChI is InChI=1S/C9H18S/c1-6-4-5-9(6)7(2)8(3)10/h6-10H,4-5H2,1-3H3. The molecular weight excluding hydrogens is 140 g/mol. The summed E-state index contributed by atoms with van der Waals surface area (Å²) in [6.45, 7) is 6.90. The van der Waals surface area contributed by atoms with E-state index in [0.29, 0.717) is 5.25 Å². The Balaban J connectivity index is 2.34. The van der Waals surface area contributed by atoms with Crippen molar-refractivity contribution >= 4 is 12.6 Å². The van der Waals surface area contributed by atoms with Crippen LogP contribution in [0.4, 0.5) is 0 Å². The molecule has 10 heavy (non-hydrogen) atoms. The van der Waals surface area contributed by atoms with Gasteiger partial charge in [-0.2, -0.15) is 12.6 Å². The van der Waals surface area contributed by atoms with Crippen LogP contribution in [0, 0.1) is 17.8 Å². The molecule has 0 aromatic rings. The van der Waals surface area contributed by atoms with E-state index in [-0.39, 0.29) is 0 Å². The second-order valence-electron chi connectivity index (χ2n) is 3.82. The summed E-state index contributed by atoms with van der Waals surface area (Å²) in [6, 6.07) is 0. The van der Waals surface area contributed by atoms with Gasteiger partial charge in [-0.05, 0) is 24.2 Å². The fourth-order valence-corrected chi connectivity index (χ4v) is 2.05. The van der Waals surface area contributed by atoms with Crippen molar-refractivity contribution in [1.29, 1.82) is 0 Å². The minimum absolute atomic E-state index is 0.577. The lowest BCUT2D eigenvalue weighted by Crippen LogP contribution is -2.32. The van der Waals surface area contributed by atoms with Gasteiger partial charge in [-0.15, -0.1) is 0 Å². The molecule has 1 heteroatoms. The maximum Gasteiger partial charge on any atom is 0.00168 e. The average Bonchev–Trinajstić information content (AvgIpc) is 1.84. The minimum atomic E-state index is 0.577. The van der Waals surface area contributed by atoms with Crippen molar-refractivity contribution in [2.75, 3.05) is 0 Å². The molecule has 0 aromatic carbocycles. The van der Waals surface area contributed by atoms with Gasteiger partial charge in [0, 0.05) is 5.25 Å². The molecule has 0 saturated heterocycles. The van der Waals surface area contributed by atoms with Crippen molar-refractivity contribution in [3.05, 3.63) is 0 Å². The van der Waals surface area contributed by atoms with Crippen molar-refractivity contribution in [3.8, 4) is 0 Å². The highest BCUT2D eigenvalue weighted by Gasteiger charge is 2.32. The zero-order valence-electron chi connectivity index (χ0n) is 7.17. The molecule has 1 aliphatic rings. The lowest BCUT2D eigenvalue weighted by molar-refractivity contribution is 0.129. The summed E-state index contributed by atoms with van der Waals surface area (Å²) in [5, 5.41) is 0.577. The molecular formula is C9H18S. The molecule has 0 nitrogen and oxygen atoms in total. The quantitative estimate of drug-likeness (QED) is 0.587. The second-order valence-corrected chi connectivity index (χ2v) is 4.63. The van der Waals surface area contributed by atoms with Crippen LogP contribution < -0.4 is 0 Å². The zero-order chi connectivity index (χ0) is 7.72. The topological polar surface area (TPSA) is 0 Å². The van der Waals surface area contributed by atoms with E-state index in [0.717, 1.165) is 17.8 Å². The van der Waals surface area contributed by atoms with Gasteiger partial charge in [-0.25, -0.2) is 0 Å². The van der Waals surface area contributed by atoms with E-state index >= 15 is 0 Å². The molecule has 4 atom stereocenters. The predicted octanol–water partition coefficient (Wildman–Crippen LogP) is 2.99. The first-order valence-electron chi connectivity index (χ1n) is 4.31. The van der Waals surface area contributed by atoms with Crippen molar-refractivity contribution in [2.45, 2.75) is 38.9 Å². The Hall–Kier alpha value is 0.350. The lowest BCUT2D eigenvalue weighted by Gasteiger charge is -2.40. The summed E-state index contributed by atoms with van der Waals surface area (Å²) in [4.78, 5) is 0. The van der Waals surface area contributed by atoms with Crippen LogP contribution in [0.15, 0.2) is 0 Å². The molecule has 1 rings (SSSR count). The Morgan fingerprint density at radius 1 is 1.30 bits per heavy atom. The number of rotatable bonds is 2. The van der Waals surface area contributed by atoms with Gasteiger partial charge in [0.1, 0.15) is 0 Å². The van der Waals surface area contributed by atoms with Gasteiger partial charge in [0.05, 0.1) is 0 Å². The molecule has 0 amide bonds. The Kier molecular flexibility index (Phi) is 2.67. The van der Waals surface area contributed by atoms with Crippen LogP contribution in [0.25, 0.3) is 0 Å². The number of hydrogen-bond acceptors (Lipinski definition) is 1. The van der Waals surface area contributed by atoms with E-state index in [2.05, 4.69) is 33.4 Å². The van der Waals surface area contributed by atoms with Gasteiger partial charge in [-0.3, -0.25) is 0 Å². The van der Waals surface area contributed by atoms with E-state index in [1.54, 1.807) is 0 Å². The molecule has 0 N–H and O–H groups in total. The van der Waals surface area contributed by atoms with E-state index in [9.17, 15) is 0 Å². The van der Waals surface area contributed by atoms with Crippen LogP contribution in [-0.2, 0) is 0 Å². The maximum absolute atomic E-state index is 4.46. The highest BCUT2D eigenvalue weighted by molar-refractivity contribution is 7.80. The van der Waals surface area contributed by atoms with Crippen LogP contribution in [0.1, 0.15) is 33.6 Å². The number of thiol groups is 1. The van der Waals surface area contributed by atoms with E-state index in [4.69, 9.17) is 0 Å². The maximum atomic E-state index is 4.46. The van der Waals surface area contributed by atoms with Crippen LogP contribution >= 0.6 is 12.6 Å². The molecule has 4 unspecified atom stereocenters. The van der Waals surface area contributed by atoms with Gasteiger partial charge in [0.2, 0.25) is 0 Å². The largest absolute Gasteiger partial charge is 0.176 e. The molecule has 0 aliphatic heterocycles. The van der Waals surface area contributed by atoms with E-state index in [1.165, 1.54) is 12.8 Å². The van der Waals surface area contributed by atoms with Gasteiger partial charge < -0.3 is 0 Å². The highest BCUT2D eigenvalue weighted by atomic mass is 32.1. The predicted molar refractivity (Wildman–Crippen MR) is 49.5 cm³/mol. The minimum Gasteiger partial charge on any atom is -0.176 e. The zero-order valence-corrected chi connectivity index (χ0v) is 8.07. The molecule has 0 bridgehead atoms. The van der Waals surface area contributed by atoms with Crippen LogP contribution in [0.3, 0.4) is 0 Å². The molecule has 0 aromatic heterocycles. The van der Waals surface area contributed by atoms with Crippen LogP contribution in [0.2, 0.25) is 0 Å². The van der Waals surface area contributed by atoms with E-state index in [1.807, 2.05) is 0 Å². The molecule has 0 spiro atoms. The Bertz CT molecular complexity index is 105. The molecule has 0 radical (unpaired) electrons. The normalized spacial score (nSPS) is 38.4. The van der Waals surface area contributed by atoms with Crippen molar-refractivity contribution in [2.24, 2.45) is 17.8 Å². The summed E-state index contributed by atoms with van der Waals surface area (Å²) >= 11 is 4.46. The summed E-state index contributed by atoms with van der Waals surface area (Å²) in [6.07, 6.45) is 2.88. The fraction of sp³-hybridized carbons (Fsp3) is 1.00. The fourth-order valence-electron chi connectivity index (χ4n) is 1.83. The first-order chi connectivity index (χ1) is 4.63. The Morgan fingerprint density at radius 2 is 1.90 bits per heavy atom. The summed E-state index contributed by atoms with van der Waals surface area (Å²) < 4.78 is 0. The first kappa shape index (κ1) is 8.45. The third kappa shape index (κ3) is 1.50. The van der Waals surface area contributed by atoms with Gasteiger partial charge in [0.25, 0.3) is 0 Å². The molecule has 1 fully saturated rings.